The van der Waals surface area contributed by atoms with Gasteiger partial charge in [0.1, 0.15) is 0 Å². The van der Waals surface area contributed by atoms with Crippen LogP contribution in [0.2, 0.25) is 0 Å². The number of hydrogen-bond donors (Lipinski definition) is 1. The number of amides is 1. The highest BCUT2D eigenvalue weighted by Crippen LogP contribution is 2.17. The highest BCUT2D eigenvalue weighted by atomic mass is 16.6. The van der Waals surface area contributed by atoms with Gasteiger partial charge in [0.15, 0.2) is 6.10 Å². The van der Waals surface area contributed by atoms with Crippen molar-refractivity contribution in [3.8, 4) is 0 Å². The van der Waals surface area contributed by atoms with Gasteiger partial charge in [-0.25, -0.2) is 0 Å². The molecule has 1 saturated heterocycles. The lowest BCUT2D eigenvalue weighted by atomic mass is 10.1. The van der Waals surface area contributed by atoms with E-state index in [0.717, 1.165) is 5.56 Å². The molecule has 2 atom stereocenters. The maximum absolute atomic E-state index is 11.9. The minimum atomic E-state index is -0.274. The molecule has 1 aromatic carbocycles. The molecule has 0 bridgehead atoms. The third-order valence-electron chi connectivity index (χ3n) is 3.07. The standard InChI is InChI=1S/C14H15N3O2/c18-14(13-10-19-13)16-12(9-17-8-4-7-15-17)11-5-2-1-3-6-11/h1-8,12-13H,9-10H2,(H,16,18). The number of carbonyl (C=O) groups is 1. The zero-order valence-electron chi connectivity index (χ0n) is 10.4. The van der Waals surface area contributed by atoms with E-state index >= 15 is 0 Å². The van der Waals surface area contributed by atoms with E-state index in [9.17, 15) is 4.79 Å². The Labute approximate surface area is 111 Å². The van der Waals surface area contributed by atoms with Crippen molar-refractivity contribution in [2.75, 3.05) is 6.61 Å². The van der Waals surface area contributed by atoms with E-state index in [2.05, 4.69) is 10.4 Å². The van der Waals surface area contributed by atoms with E-state index in [-0.39, 0.29) is 18.1 Å². The molecule has 1 fully saturated rings. The smallest absolute Gasteiger partial charge is 0.252 e. The second-order valence-electron chi connectivity index (χ2n) is 4.52. The predicted molar refractivity (Wildman–Crippen MR) is 69.3 cm³/mol. The topological polar surface area (TPSA) is 59.5 Å². The molecule has 5 nitrogen and oxygen atoms in total. The first-order valence-corrected chi connectivity index (χ1v) is 6.27. The molecule has 98 valence electrons. The normalized spacial score (nSPS) is 18.8. The van der Waals surface area contributed by atoms with Crippen molar-refractivity contribution in [3.05, 3.63) is 54.4 Å². The Bertz CT molecular complexity index is 535. The minimum Gasteiger partial charge on any atom is -0.363 e. The van der Waals surface area contributed by atoms with Crippen molar-refractivity contribution in [1.29, 1.82) is 0 Å². The van der Waals surface area contributed by atoms with Crippen molar-refractivity contribution in [3.63, 3.8) is 0 Å². The summed E-state index contributed by atoms with van der Waals surface area (Å²) in [5.74, 6) is -0.0546. The fraction of sp³-hybridized carbons (Fsp3) is 0.286. The van der Waals surface area contributed by atoms with Crippen LogP contribution in [0.4, 0.5) is 0 Å². The number of epoxide rings is 1. The van der Waals surface area contributed by atoms with Crippen LogP contribution >= 0.6 is 0 Å². The van der Waals surface area contributed by atoms with E-state index in [1.165, 1.54) is 0 Å². The van der Waals surface area contributed by atoms with E-state index in [0.29, 0.717) is 13.2 Å². The lowest BCUT2D eigenvalue weighted by Gasteiger charge is -2.18. The van der Waals surface area contributed by atoms with Crippen molar-refractivity contribution in [2.24, 2.45) is 0 Å². The van der Waals surface area contributed by atoms with Crippen LogP contribution in [-0.4, -0.2) is 28.4 Å². The first-order chi connectivity index (χ1) is 9.33. The summed E-state index contributed by atoms with van der Waals surface area (Å²) < 4.78 is 6.82. The molecule has 0 spiro atoms. The number of nitrogens with one attached hydrogen (secondary N) is 1. The molecule has 0 saturated carbocycles. The van der Waals surface area contributed by atoms with Crippen LogP contribution in [0.25, 0.3) is 0 Å². The molecular weight excluding hydrogens is 242 g/mol. The fourth-order valence-electron chi connectivity index (χ4n) is 1.98. The van der Waals surface area contributed by atoms with Gasteiger partial charge in [-0.2, -0.15) is 5.10 Å². The Morgan fingerprint density at radius 3 is 2.84 bits per heavy atom. The third-order valence-corrected chi connectivity index (χ3v) is 3.07. The zero-order valence-corrected chi connectivity index (χ0v) is 10.4. The largest absolute Gasteiger partial charge is 0.363 e. The molecule has 2 unspecified atom stereocenters. The molecule has 19 heavy (non-hydrogen) atoms. The Morgan fingerprint density at radius 2 is 2.21 bits per heavy atom. The highest BCUT2D eigenvalue weighted by Gasteiger charge is 2.32. The first kappa shape index (κ1) is 11.9. The van der Waals surface area contributed by atoms with E-state index < -0.39 is 0 Å². The fourth-order valence-corrected chi connectivity index (χ4v) is 1.98. The van der Waals surface area contributed by atoms with E-state index in [1.54, 1.807) is 6.20 Å². The van der Waals surface area contributed by atoms with Crippen LogP contribution in [0.5, 0.6) is 0 Å². The molecule has 3 rings (SSSR count). The lowest BCUT2D eigenvalue weighted by Crippen LogP contribution is -2.34. The molecule has 2 aromatic rings. The molecule has 0 aliphatic carbocycles. The summed E-state index contributed by atoms with van der Waals surface area (Å²) in [6.45, 7) is 1.13. The highest BCUT2D eigenvalue weighted by molar-refractivity contribution is 5.83. The second-order valence-corrected chi connectivity index (χ2v) is 4.52. The van der Waals surface area contributed by atoms with Gasteiger partial charge in [0.05, 0.1) is 19.2 Å². The number of nitrogens with zero attached hydrogens (tertiary/aromatic N) is 2. The maximum atomic E-state index is 11.9. The number of aromatic nitrogens is 2. The van der Waals surface area contributed by atoms with Crippen molar-refractivity contribution < 1.29 is 9.53 Å². The molecule has 1 aliphatic rings. The SMILES string of the molecule is O=C(NC(Cn1cccn1)c1ccccc1)C1CO1. The van der Waals surface area contributed by atoms with Crippen LogP contribution in [-0.2, 0) is 16.1 Å². The Morgan fingerprint density at radius 1 is 1.42 bits per heavy atom. The quantitative estimate of drug-likeness (QED) is 0.817. The van der Waals surface area contributed by atoms with Gasteiger partial charge in [-0.3, -0.25) is 9.48 Å². The molecule has 0 radical (unpaired) electrons. The molecule has 1 amide bonds. The van der Waals surface area contributed by atoms with Crippen LogP contribution in [0, 0.1) is 0 Å². The number of rotatable bonds is 5. The number of ether oxygens (including phenoxy) is 1. The number of hydrogen-bond acceptors (Lipinski definition) is 3. The summed E-state index contributed by atoms with van der Waals surface area (Å²) >= 11 is 0. The van der Waals surface area contributed by atoms with Gasteiger partial charge in [0.2, 0.25) is 0 Å². The van der Waals surface area contributed by atoms with Gasteiger partial charge in [-0.15, -0.1) is 0 Å². The monoisotopic (exact) mass is 257 g/mol. The minimum absolute atomic E-state index is 0.0546. The van der Waals surface area contributed by atoms with Gasteiger partial charge in [-0.05, 0) is 11.6 Å². The van der Waals surface area contributed by atoms with Gasteiger partial charge in [0.25, 0.3) is 5.91 Å². The molecule has 2 heterocycles. The molecule has 1 N–H and O–H groups in total. The molecule has 5 heteroatoms. The van der Waals surface area contributed by atoms with Crippen LogP contribution in [0.15, 0.2) is 48.8 Å². The maximum Gasteiger partial charge on any atom is 0.252 e. The summed E-state index contributed by atoms with van der Waals surface area (Å²) in [5.41, 5.74) is 1.06. The van der Waals surface area contributed by atoms with Crippen molar-refractivity contribution >= 4 is 5.91 Å². The molecule has 1 aliphatic heterocycles. The Balaban J connectivity index is 1.76. The molecule has 1 aromatic heterocycles. The van der Waals surface area contributed by atoms with Gasteiger partial charge >= 0.3 is 0 Å². The van der Waals surface area contributed by atoms with Crippen LogP contribution in [0.1, 0.15) is 11.6 Å². The lowest BCUT2D eigenvalue weighted by molar-refractivity contribution is -0.123. The summed E-state index contributed by atoms with van der Waals surface area (Å²) in [7, 11) is 0. The van der Waals surface area contributed by atoms with Crippen molar-refractivity contribution in [2.45, 2.75) is 18.7 Å². The zero-order chi connectivity index (χ0) is 13.1. The summed E-state index contributed by atoms with van der Waals surface area (Å²) in [6.07, 6.45) is 3.34. The number of benzene rings is 1. The second kappa shape index (κ2) is 5.24. The summed E-state index contributed by atoms with van der Waals surface area (Å²) in [4.78, 5) is 11.9. The van der Waals surface area contributed by atoms with E-state index in [1.807, 2.05) is 47.3 Å². The Kier molecular flexibility index (Phi) is 3.29. The number of carbonyl (C=O) groups excluding carboxylic acids is 1. The summed E-state index contributed by atoms with van der Waals surface area (Å²) in [5, 5.41) is 7.19. The van der Waals surface area contributed by atoms with Gasteiger partial charge < -0.3 is 10.1 Å². The summed E-state index contributed by atoms with van der Waals surface area (Å²) in [6, 6.07) is 11.7. The van der Waals surface area contributed by atoms with Gasteiger partial charge in [0, 0.05) is 12.4 Å². The van der Waals surface area contributed by atoms with Gasteiger partial charge in [-0.1, -0.05) is 30.3 Å². The van der Waals surface area contributed by atoms with E-state index in [4.69, 9.17) is 4.74 Å². The average Bonchev–Trinajstić information content (AvgIpc) is 3.18. The predicted octanol–water partition coefficient (Wildman–Crippen LogP) is 1.14. The Hall–Kier alpha value is -2.14. The first-order valence-electron chi connectivity index (χ1n) is 6.27. The average molecular weight is 257 g/mol. The van der Waals surface area contributed by atoms with Crippen LogP contribution in [0.3, 0.4) is 0 Å². The van der Waals surface area contributed by atoms with Crippen molar-refractivity contribution in [1.82, 2.24) is 15.1 Å². The third kappa shape index (κ3) is 3.00. The van der Waals surface area contributed by atoms with Crippen LogP contribution < -0.4 is 5.32 Å². The molecular formula is C14H15N3O2.